The Balaban J connectivity index is 2.32. The van der Waals surface area contributed by atoms with Gasteiger partial charge in [0.05, 0.1) is 5.75 Å². The number of hydrogen-bond donors (Lipinski definition) is 5. The van der Waals surface area contributed by atoms with Crippen molar-refractivity contribution in [3.05, 3.63) is 81.9 Å². The van der Waals surface area contributed by atoms with Crippen LogP contribution < -0.4 is 21.5 Å². The SMILES string of the molecule is NC(N)=N[C@@](CCC[N+](=O)[O-])(NC(=O)[C@@H](Cc1ccccc1)NS(=O)(=O)CCc1ccccc1)C(=O)O. The van der Waals surface area contributed by atoms with Crippen molar-refractivity contribution in [2.45, 2.75) is 37.4 Å². The van der Waals surface area contributed by atoms with E-state index in [4.69, 9.17) is 11.5 Å². The Morgan fingerprint density at radius 3 is 2.14 bits per heavy atom. The van der Waals surface area contributed by atoms with Crippen LogP contribution in [-0.4, -0.2) is 60.3 Å². The molecule has 0 fully saturated rings. The van der Waals surface area contributed by atoms with Crippen LogP contribution in [0.4, 0.5) is 0 Å². The minimum Gasteiger partial charge on any atom is -0.478 e. The summed E-state index contributed by atoms with van der Waals surface area (Å²) in [6, 6.07) is 16.0. The van der Waals surface area contributed by atoms with Crippen molar-refractivity contribution in [2.24, 2.45) is 16.5 Å². The molecule has 0 saturated carbocycles. The third kappa shape index (κ3) is 9.85. The second-order valence-corrected chi connectivity index (χ2v) is 10.1. The molecule has 13 nitrogen and oxygen atoms in total. The van der Waals surface area contributed by atoms with Crippen molar-refractivity contribution in [3.8, 4) is 0 Å². The van der Waals surface area contributed by atoms with Gasteiger partial charge in [-0.3, -0.25) is 14.9 Å². The van der Waals surface area contributed by atoms with E-state index < -0.39 is 57.5 Å². The Labute approximate surface area is 214 Å². The van der Waals surface area contributed by atoms with Gasteiger partial charge in [0.1, 0.15) is 6.04 Å². The molecule has 0 spiro atoms. The Morgan fingerprint density at radius 1 is 1.05 bits per heavy atom. The van der Waals surface area contributed by atoms with Crippen LogP contribution in [0, 0.1) is 10.1 Å². The molecule has 14 heteroatoms. The standard InChI is InChI=1S/C23H30N6O7S/c24-22(25)27-23(21(31)32,13-7-14-29(33)34)26-20(30)19(16-18-10-5-2-6-11-18)28-37(35,36)15-12-17-8-3-1-4-9-17/h1-6,8-11,19,28H,7,12-16H2,(H,26,30)(H,31,32)(H4,24,25,27)/t19-,23-/m1/s1. The van der Waals surface area contributed by atoms with Gasteiger partial charge in [0, 0.05) is 17.8 Å². The molecule has 0 aromatic heterocycles. The first-order valence-electron chi connectivity index (χ1n) is 11.3. The van der Waals surface area contributed by atoms with Gasteiger partial charge in [0.25, 0.3) is 0 Å². The van der Waals surface area contributed by atoms with E-state index in [1.54, 1.807) is 60.7 Å². The van der Waals surface area contributed by atoms with Crippen LogP contribution in [0.2, 0.25) is 0 Å². The molecule has 200 valence electrons. The van der Waals surface area contributed by atoms with Crippen molar-refractivity contribution >= 4 is 27.9 Å². The lowest BCUT2D eigenvalue weighted by molar-refractivity contribution is -0.480. The van der Waals surface area contributed by atoms with Gasteiger partial charge < -0.3 is 21.9 Å². The highest BCUT2D eigenvalue weighted by molar-refractivity contribution is 7.89. The molecular formula is C23H30N6O7S. The number of sulfonamides is 1. The molecule has 0 unspecified atom stereocenters. The van der Waals surface area contributed by atoms with Crippen LogP contribution in [0.1, 0.15) is 24.0 Å². The maximum absolute atomic E-state index is 13.3. The summed E-state index contributed by atoms with van der Waals surface area (Å²) in [6.07, 6.45) is -0.707. The number of hydrogen-bond acceptors (Lipinski definition) is 7. The fraction of sp³-hybridized carbons (Fsp3) is 0.348. The smallest absolute Gasteiger partial charge is 0.352 e. The minimum atomic E-state index is -4.00. The van der Waals surface area contributed by atoms with Gasteiger partial charge in [-0.2, -0.15) is 0 Å². The number of rotatable bonds is 15. The number of nitrogens with one attached hydrogen (secondary N) is 2. The first kappa shape index (κ1) is 29.2. The number of nitrogens with two attached hydrogens (primary N) is 2. The fourth-order valence-electron chi connectivity index (χ4n) is 3.54. The van der Waals surface area contributed by atoms with Crippen LogP contribution >= 0.6 is 0 Å². The number of carboxylic acids is 1. The van der Waals surface area contributed by atoms with Crippen molar-refractivity contribution in [3.63, 3.8) is 0 Å². The molecule has 0 aliphatic rings. The average Bonchev–Trinajstić information content (AvgIpc) is 2.83. The largest absolute Gasteiger partial charge is 0.478 e. The molecule has 1 amide bonds. The van der Waals surface area contributed by atoms with Gasteiger partial charge in [0.2, 0.25) is 28.1 Å². The molecular weight excluding hydrogens is 504 g/mol. The van der Waals surface area contributed by atoms with E-state index in [0.29, 0.717) is 5.56 Å². The lowest BCUT2D eigenvalue weighted by atomic mass is 10.0. The summed E-state index contributed by atoms with van der Waals surface area (Å²) in [4.78, 5) is 39.2. The predicted octanol–water partition coefficient (Wildman–Crippen LogP) is -0.0128. The number of nitrogens with zero attached hydrogens (tertiary/aromatic N) is 2. The lowest BCUT2D eigenvalue weighted by Gasteiger charge is -2.29. The van der Waals surface area contributed by atoms with Gasteiger partial charge in [-0.05, 0) is 24.0 Å². The number of aryl methyl sites for hydroxylation is 1. The second kappa shape index (κ2) is 13.3. The van der Waals surface area contributed by atoms with Crippen LogP contribution in [0.5, 0.6) is 0 Å². The summed E-state index contributed by atoms with van der Waals surface area (Å²) in [7, 11) is -4.00. The number of aliphatic carboxylic acids is 1. The molecule has 0 radical (unpaired) electrons. The molecule has 0 saturated heterocycles. The van der Waals surface area contributed by atoms with Gasteiger partial charge in [-0.1, -0.05) is 60.7 Å². The predicted molar refractivity (Wildman–Crippen MR) is 136 cm³/mol. The van der Waals surface area contributed by atoms with Crippen molar-refractivity contribution in [1.82, 2.24) is 10.0 Å². The van der Waals surface area contributed by atoms with Crippen LogP contribution in [-0.2, 0) is 32.5 Å². The molecule has 0 bridgehead atoms. The Morgan fingerprint density at radius 2 is 1.62 bits per heavy atom. The van der Waals surface area contributed by atoms with E-state index in [-0.39, 0.29) is 25.0 Å². The molecule has 2 aromatic carbocycles. The summed E-state index contributed by atoms with van der Waals surface area (Å²) in [5.41, 5.74) is 9.72. The van der Waals surface area contributed by atoms with E-state index in [1.165, 1.54) is 0 Å². The summed E-state index contributed by atoms with van der Waals surface area (Å²) in [5.74, 6) is -3.67. The molecule has 2 atom stereocenters. The van der Waals surface area contributed by atoms with Crippen molar-refractivity contribution in [2.75, 3.05) is 12.3 Å². The second-order valence-electron chi connectivity index (χ2n) is 8.27. The molecule has 0 aliphatic heterocycles. The van der Waals surface area contributed by atoms with E-state index >= 15 is 0 Å². The zero-order valence-corrected chi connectivity index (χ0v) is 20.8. The van der Waals surface area contributed by atoms with E-state index in [9.17, 15) is 33.2 Å². The monoisotopic (exact) mass is 534 g/mol. The van der Waals surface area contributed by atoms with Crippen LogP contribution in [0.25, 0.3) is 0 Å². The highest BCUT2D eigenvalue weighted by Gasteiger charge is 2.42. The lowest BCUT2D eigenvalue weighted by Crippen LogP contribution is -2.60. The van der Waals surface area contributed by atoms with Gasteiger partial charge >= 0.3 is 5.97 Å². The van der Waals surface area contributed by atoms with Crippen molar-refractivity contribution < 1.29 is 28.0 Å². The van der Waals surface area contributed by atoms with Gasteiger partial charge in [-0.25, -0.2) is 22.9 Å². The Kier molecular flexibility index (Phi) is 10.5. The number of guanidine groups is 1. The summed E-state index contributed by atoms with van der Waals surface area (Å²) < 4.78 is 28.1. The first-order chi connectivity index (χ1) is 17.4. The Bertz CT molecular complexity index is 1200. The van der Waals surface area contributed by atoms with Crippen LogP contribution in [0.3, 0.4) is 0 Å². The summed E-state index contributed by atoms with van der Waals surface area (Å²) >= 11 is 0. The Hall–Kier alpha value is -4.04. The van der Waals surface area contributed by atoms with Crippen molar-refractivity contribution in [1.29, 1.82) is 0 Å². The van der Waals surface area contributed by atoms with Gasteiger partial charge in [0.15, 0.2) is 5.96 Å². The fourth-order valence-corrected chi connectivity index (χ4v) is 4.79. The van der Waals surface area contributed by atoms with E-state index in [0.717, 1.165) is 5.56 Å². The molecule has 2 rings (SSSR count). The highest BCUT2D eigenvalue weighted by atomic mass is 32.2. The number of aliphatic imine (C=N–C) groups is 1. The molecule has 0 heterocycles. The third-order valence-electron chi connectivity index (χ3n) is 5.31. The summed E-state index contributed by atoms with van der Waals surface area (Å²) in [6.45, 7) is -0.593. The number of carbonyl (C=O) groups is 2. The topological polar surface area (TPSA) is 220 Å². The number of benzene rings is 2. The molecule has 7 N–H and O–H groups in total. The van der Waals surface area contributed by atoms with Crippen LogP contribution in [0.15, 0.2) is 65.7 Å². The summed E-state index contributed by atoms with van der Waals surface area (Å²) in [5, 5.41) is 22.8. The molecule has 0 aliphatic carbocycles. The quantitative estimate of drug-likeness (QED) is 0.0896. The number of carboxylic acid groups (broad SMARTS) is 1. The van der Waals surface area contributed by atoms with E-state index in [2.05, 4.69) is 15.0 Å². The maximum atomic E-state index is 13.3. The molecule has 2 aromatic rings. The van der Waals surface area contributed by atoms with E-state index in [1.807, 2.05) is 0 Å². The minimum absolute atomic E-state index is 0.107. The third-order valence-corrected chi connectivity index (χ3v) is 6.69. The number of amides is 1. The zero-order chi connectivity index (χ0) is 27.5. The maximum Gasteiger partial charge on any atom is 0.352 e. The number of nitro groups is 1. The number of carbonyl (C=O) groups excluding carboxylic acids is 1. The average molecular weight is 535 g/mol. The zero-order valence-electron chi connectivity index (χ0n) is 19.9. The normalized spacial score (nSPS) is 13.6. The van der Waals surface area contributed by atoms with Gasteiger partial charge in [-0.15, -0.1) is 0 Å². The first-order valence-corrected chi connectivity index (χ1v) is 12.9. The molecule has 37 heavy (non-hydrogen) atoms. The highest BCUT2D eigenvalue weighted by Crippen LogP contribution is 2.17.